The number of nitrogens with zero attached hydrogens (tertiary/aromatic N) is 3. The number of anilines is 1. The van der Waals surface area contributed by atoms with Gasteiger partial charge in [0.1, 0.15) is 17.6 Å². The number of rotatable bonds is 1. The Bertz CT molecular complexity index is 627. The highest BCUT2D eigenvalue weighted by molar-refractivity contribution is 5.94. The molecule has 0 unspecified atom stereocenters. The van der Waals surface area contributed by atoms with Crippen molar-refractivity contribution in [3.8, 4) is 6.07 Å². The molecule has 1 heterocycles. The van der Waals surface area contributed by atoms with Crippen molar-refractivity contribution in [2.24, 2.45) is 0 Å². The summed E-state index contributed by atoms with van der Waals surface area (Å²) in [5.41, 5.74) is 2.63. The van der Waals surface area contributed by atoms with Gasteiger partial charge in [0.15, 0.2) is 0 Å². The predicted molar refractivity (Wildman–Crippen MR) is 65.5 cm³/mol. The molecule has 0 aliphatic carbocycles. The van der Waals surface area contributed by atoms with E-state index in [9.17, 15) is 4.39 Å². The van der Waals surface area contributed by atoms with Crippen LogP contribution < -0.4 is 4.90 Å². The Morgan fingerprint density at radius 3 is 2.65 bits per heavy atom. The smallest absolute Gasteiger partial charge is 0.146 e. The average molecular weight is 229 g/mol. The zero-order valence-corrected chi connectivity index (χ0v) is 9.95. The number of hydrogen-bond acceptors (Lipinski definition) is 3. The minimum absolute atomic E-state index is 0.300. The summed E-state index contributed by atoms with van der Waals surface area (Å²) < 4.78 is 13.3. The summed E-state index contributed by atoms with van der Waals surface area (Å²) in [6.07, 6.45) is 0. The minimum atomic E-state index is -0.300. The topological polar surface area (TPSA) is 39.9 Å². The van der Waals surface area contributed by atoms with Crippen molar-refractivity contribution in [2.75, 3.05) is 19.0 Å². The molecule has 4 heteroatoms. The fraction of sp³-hybridized carbons (Fsp3) is 0.231. The fourth-order valence-corrected chi connectivity index (χ4v) is 2.00. The Balaban J connectivity index is 2.94. The lowest BCUT2D eigenvalue weighted by Gasteiger charge is -2.18. The van der Waals surface area contributed by atoms with Crippen LogP contribution >= 0.6 is 0 Å². The van der Waals surface area contributed by atoms with Gasteiger partial charge in [0.2, 0.25) is 0 Å². The Morgan fingerprint density at radius 2 is 2.06 bits per heavy atom. The standard InChI is InChI=1S/C13H12FN3/c1-8-12(7-15)16-11-5-4-9(14)6-10(11)13(8)17(2)3/h4-6H,1-3H3. The predicted octanol–water partition coefficient (Wildman–Crippen LogP) is 2.62. The van der Waals surface area contributed by atoms with E-state index >= 15 is 0 Å². The third kappa shape index (κ3) is 1.80. The molecule has 0 spiro atoms. The Hall–Kier alpha value is -2.15. The van der Waals surface area contributed by atoms with Crippen molar-refractivity contribution in [3.05, 3.63) is 35.3 Å². The molecule has 0 bridgehead atoms. The molecule has 0 amide bonds. The summed E-state index contributed by atoms with van der Waals surface area (Å²) in [7, 11) is 3.74. The van der Waals surface area contributed by atoms with Crippen LogP contribution in [0, 0.1) is 24.1 Å². The Labute approximate surface area is 99.1 Å². The molecule has 0 fully saturated rings. The summed E-state index contributed by atoms with van der Waals surface area (Å²) in [4.78, 5) is 6.10. The third-order valence-corrected chi connectivity index (χ3v) is 2.71. The fourth-order valence-electron chi connectivity index (χ4n) is 2.00. The largest absolute Gasteiger partial charge is 0.377 e. The van der Waals surface area contributed by atoms with E-state index in [2.05, 4.69) is 11.1 Å². The molecule has 0 atom stereocenters. The lowest BCUT2D eigenvalue weighted by molar-refractivity contribution is 0.629. The molecule has 17 heavy (non-hydrogen) atoms. The van der Waals surface area contributed by atoms with Gasteiger partial charge in [-0.3, -0.25) is 0 Å². The molecule has 2 rings (SSSR count). The number of benzene rings is 1. The molecule has 0 saturated heterocycles. The van der Waals surface area contributed by atoms with Gasteiger partial charge in [0.25, 0.3) is 0 Å². The second kappa shape index (κ2) is 4.02. The van der Waals surface area contributed by atoms with Crippen LogP contribution in [0.3, 0.4) is 0 Å². The molecule has 0 saturated carbocycles. The molecule has 0 aliphatic rings. The highest BCUT2D eigenvalue weighted by atomic mass is 19.1. The summed E-state index contributed by atoms with van der Waals surface area (Å²) >= 11 is 0. The Morgan fingerprint density at radius 1 is 1.35 bits per heavy atom. The molecule has 0 aliphatic heterocycles. The second-order valence-electron chi connectivity index (χ2n) is 4.10. The van der Waals surface area contributed by atoms with Crippen molar-refractivity contribution in [1.82, 2.24) is 4.98 Å². The second-order valence-corrected chi connectivity index (χ2v) is 4.10. The maximum Gasteiger partial charge on any atom is 0.146 e. The van der Waals surface area contributed by atoms with Crippen LogP contribution in [-0.4, -0.2) is 19.1 Å². The van der Waals surface area contributed by atoms with Crippen LogP contribution in [0.5, 0.6) is 0 Å². The first kappa shape index (κ1) is 11.3. The van der Waals surface area contributed by atoms with E-state index in [1.807, 2.05) is 25.9 Å². The number of pyridine rings is 1. The van der Waals surface area contributed by atoms with Gasteiger partial charge < -0.3 is 4.90 Å². The van der Waals surface area contributed by atoms with Gasteiger partial charge in [-0.05, 0) is 25.1 Å². The van der Waals surface area contributed by atoms with Gasteiger partial charge in [-0.25, -0.2) is 9.37 Å². The maximum absolute atomic E-state index is 13.3. The highest BCUT2D eigenvalue weighted by Crippen LogP contribution is 2.30. The van der Waals surface area contributed by atoms with Gasteiger partial charge in [-0.15, -0.1) is 0 Å². The quantitative estimate of drug-likeness (QED) is 0.754. The van der Waals surface area contributed by atoms with E-state index in [4.69, 9.17) is 5.26 Å². The molecule has 0 N–H and O–H groups in total. The lowest BCUT2D eigenvalue weighted by atomic mass is 10.1. The third-order valence-electron chi connectivity index (χ3n) is 2.71. The van der Waals surface area contributed by atoms with E-state index in [1.165, 1.54) is 12.1 Å². The SMILES string of the molecule is Cc1c(C#N)nc2ccc(F)cc2c1N(C)C. The maximum atomic E-state index is 13.3. The van der Waals surface area contributed by atoms with Crippen LogP contribution in [0.2, 0.25) is 0 Å². The first-order chi connectivity index (χ1) is 8.04. The Kier molecular flexibility index (Phi) is 2.68. The normalized spacial score (nSPS) is 10.3. The zero-order chi connectivity index (χ0) is 12.6. The van der Waals surface area contributed by atoms with Crippen molar-refractivity contribution in [2.45, 2.75) is 6.92 Å². The zero-order valence-electron chi connectivity index (χ0n) is 9.95. The van der Waals surface area contributed by atoms with Crippen molar-refractivity contribution < 1.29 is 4.39 Å². The van der Waals surface area contributed by atoms with E-state index in [-0.39, 0.29) is 5.82 Å². The lowest BCUT2D eigenvalue weighted by Crippen LogP contribution is -2.12. The number of nitriles is 1. The van der Waals surface area contributed by atoms with Crippen molar-refractivity contribution in [1.29, 1.82) is 5.26 Å². The number of halogens is 1. The highest BCUT2D eigenvalue weighted by Gasteiger charge is 2.13. The van der Waals surface area contributed by atoms with Gasteiger partial charge in [0.05, 0.1) is 11.2 Å². The molecule has 2 aromatic rings. The van der Waals surface area contributed by atoms with E-state index in [0.29, 0.717) is 11.2 Å². The molecule has 1 aromatic heterocycles. The van der Waals surface area contributed by atoms with Crippen LogP contribution in [0.25, 0.3) is 10.9 Å². The number of aromatic nitrogens is 1. The van der Waals surface area contributed by atoms with Gasteiger partial charge in [-0.1, -0.05) is 0 Å². The van der Waals surface area contributed by atoms with E-state index in [1.54, 1.807) is 6.07 Å². The summed E-state index contributed by atoms with van der Waals surface area (Å²) in [5.74, 6) is -0.300. The molecular formula is C13H12FN3. The number of fused-ring (bicyclic) bond motifs is 1. The summed E-state index contributed by atoms with van der Waals surface area (Å²) in [6, 6.07) is 6.46. The van der Waals surface area contributed by atoms with E-state index in [0.717, 1.165) is 16.6 Å². The van der Waals surface area contributed by atoms with Crippen molar-refractivity contribution in [3.63, 3.8) is 0 Å². The summed E-state index contributed by atoms with van der Waals surface area (Å²) in [6.45, 7) is 1.82. The van der Waals surface area contributed by atoms with Crippen LogP contribution in [0.1, 0.15) is 11.3 Å². The molecule has 3 nitrogen and oxygen atoms in total. The molecule has 86 valence electrons. The van der Waals surface area contributed by atoms with E-state index < -0.39 is 0 Å². The van der Waals surface area contributed by atoms with Crippen LogP contribution in [0.15, 0.2) is 18.2 Å². The first-order valence-corrected chi connectivity index (χ1v) is 5.22. The molecular weight excluding hydrogens is 217 g/mol. The van der Waals surface area contributed by atoms with Crippen LogP contribution in [-0.2, 0) is 0 Å². The minimum Gasteiger partial charge on any atom is -0.377 e. The number of hydrogen-bond donors (Lipinski definition) is 0. The molecule has 0 radical (unpaired) electrons. The average Bonchev–Trinajstić information content (AvgIpc) is 2.27. The monoisotopic (exact) mass is 229 g/mol. The van der Waals surface area contributed by atoms with Gasteiger partial charge in [0, 0.05) is 25.0 Å². The van der Waals surface area contributed by atoms with Gasteiger partial charge in [-0.2, -0.15) is 5.26 Å². The van der Waals surface area contributed by atoms with Crippen molar-refractivity contribution >= 4 is 16.6 Å². The first-order valence-electron chi connectivity index (χ1n) is 5.22. The summed E-state index contributed by atoms with van der Waals surface area (Å²) in [5, 5.41) is 9.76. The van der Waals surface area contributed by atoms with Crippen LogP contribution in [0.4, 0.5) is 10.1 Å². The molecule has 1 aromatic carbocycles. The van der Waals surface area contributed by atoms with Gasteiger partial charge >= 0.3 is 0 Å².